The first-order valence-corrected chi connectivity index (χ1v) is 12.2. The van der Waals surface area contributed by atoms with Crippen molar-refractivity contribution in [3.63, 3.8) is 0 Å². The summed E-state index contributed by atoms with van der Waals surface area (Å²) in [7, 11) is 2.87. The Morgan fingerprint density at radius 3 is 2.39 bits per heavy atom. The van der Waals surface area contributed by atoms with Crippen molar-refractivity contribution in [3.05, 3.63) is 69.3 Å². The zero-order chi connectivity index (χ0) is 27.8. The summed E-state index contributed by atoms with van der Waals surface area (Å²) in [5.74, 6) is -0.648. The number of esters is 1. The third-order valence-electron chi connectivity index (χ3n) is 6.83. The number of carbonyl (C=O) groups excluding carboxylic acids is 1. The van der Waals surface area contributed by atoms with Crippen LogP contribution in [0.5, 0.6) is 0 Å². The molecular formula is C27H30F4N4O3. The number of aryl methyl sites for hydroxylation is 1. The Morgan fingerprint density at radius 2 is 1.76 bits per heavy atom. The summed E-state index contributed by atoms with van der Waals surface area (Å²) in [6, 6.07) is 9.03. The van der Waals surface area contributed by atoms with Gasteiger partial charge in [0.2, 0.25) is 0 Å². The van der Waals surface area contributed by atoms with Gasteiger partial charge in [-0.05, 0) is 60.7 Å². The molecule has 204 valence electrons. The number of aromatic nitrogens is 1. The molecule has 0 saturated carbocycles. The van der Waals surface area contributed by atoms with E-state index in [1.54, 1.807) is 13.1 Å². The van der Waals surface area contributed by atoms with Crippen molar-refractivity contribution in [2.45, 2.75) is 26.1 Å². The number of carbonyl (C=O) groups is 1. The number of benzene rings is 2. The SMILES string of the molecule is COC(=O)c1cc(F)ccc1N[C@H](C)c1cc(C)cc2c(=O)n(C)c(N3CCN(CC(F)(F)F)CC3)cc12. The quantitative estimate of drug-likeness (QED) is 0.368. The van der Waals surface area contributed by atoms with Crippen LogP contribution in [0.15, 0.2) is 41.2 Å². The molecule has 0 spiro atoms. The number of methoxy groups -OCH3 is 1. The molecule has 0 aliphatic carbocycles. The standard InChI is InChI=1S/C27H30F4N4O3/c1-16-11-19(17(2)32-23-6-5-18(28)13-22(23)26(37)38-4)20-14-24(33(3)25(36)21(20)12-16)35-9-7-34(8-10-35)15-27(29,30)31/h5-6,11-14,17,32H,7-10,15H2,1-4H3/t17-/m1/s1. The predicted octanol–water partition coefficient (Wildman–Crippen LogP) is 4.63. The number of rotatable bonds is 6. The van der Waals surface area contributed by atoms with Crippen molar-refractivity contribution < 1.29 is 27.1 Å². The van der Waals surface area contributed by atoms with Gasteiger partial charge in [-0.1, -0.05) is 6.07 Å². The van der Waals surface area contributed by atoms with Gasteiger partial charge < -0.3 is 15.0 Å². The number of halogens is 4. The summed E-state index contributed by atoms with van der Waals surface area (Å²) in [6.07, 6.45) is -4.26. The second-order valence-corrected chi connectivity index (χ2v) is 9.61. The van der Waals surface area contributed by atoms with Crippen LogP contribution in [0.1, 0.15) is 34.5 Å². The van der Waals surface area contributed by atoms with Crippen LogP contribution >= 0.6 is 0 Å². The van der Waals surface area contributed by atoms with Gasteiger partial charge >= 0.3 is 12.1 Å². The topological polar surface area (TPSA) is 66.8 Å². The van der Waals surface area contributed by atoms with Gasteiger partial charge in [0.15, 0.2) is 0 Å². The van der Waals surface area contributed by atoms with E-state index in [9.17, 15) is 27.2 Å². The van der Waals surface area contributed by atoms with E-state index in [0.717, 1.165) is 17.2 Å². The number of nitrogens with one attached hydrogen (secondary N) is 1. The van der Waals surface area contributed by atoms with E-state index < -0.39 is 30.5 Å². The highest BCUT2D eigenvalue weighted by Gasteiger charge is 2.32. The molecule has 1 aromatic heterocycles. The Morgan fingerprint density at radius 1 is 1.08 bits per heavy atom. The van der Waals surface area contributed by atoms with E-state index in [1.165, 1.54) is 28.7 Å². The number of piperazine rings is 1. The molecule has 1 N–H and O–H groups in total. The first-order chi connectivity index (χ1) is 17.9. The fourth-order valence-corrected chi connectivity index (χ4v) is 4.96. The maximum Gasteiger partial charge on any atom is 0.401 e. The van der Waals surface area contributed by atoms with Crippen LogP contribution in [0.3, 0.4) is 0 Å². The van der Waals surface area contributed by atoms with E-state index in [2.05, 4.69) is 5.32 Å². The van der Waals surface area contributed by atoms with Crippen molar-refractivity contribution in [2.24, 2.45) is 7.05 Å². The lowest BCUT2D eigenvalue weighted by molar-refractivity contribution is -0.146. The lowest BCUT2D eigenvalue weighted by Crippen LogP contribution is -2.50. The number of anilines is 2. The smallest absolute Gasteiger partial charge is 0.401 e. The third kappa shape index (κ3) is 5.77. The van der Waals surface area contributed by atoms with Crippen molar-refractivity contribution in [1.82, 2.24) is 9.47 Å². The van der Waals surface area contributed by atoms with Crippen molar-refractivity contribution in [2.75, 3.05) is 50.1 Å². The molecule has 0 unspecified atom stereocenters. The second kappa shape index (κ2) is 10.6. The maximum absolute atomic E-state index is 13.8. The van der Waals surface area contributed by atoms with Crippen LogP contribution in [0, 0.1) is 12.7 Å². The molecule has 1 atom stereocenters. The van der Waals surface area contributed by atoms with Crippen molar-refractivity contribution >= 4 is 28.2 Å². The maximum atomic E-state index is 13.8. The van der Waals surface area contributed by atoms with Crippen LogP contribution in [0.2, 0.25) is 0 Å². The molecule has 0 amide bonds. The summed E-state index contributed by atoms with van der Waals surface area (Å²) in [4.78, 5) is 28.9. The first-order valence-electron chi connectivity index (χ1n) is 12.2. The Balaban J connectivity index is 1.71. The second-order valence-electron chi connectivity index (χ2n) is 9.61. The molecule has 7 nitrogen and oxygen atoms in total. The van der Waals surface area contributed by atoms with Gasteiger partial charge in [-0.25, -0.2) is 9.18 Å². The van der Waals surface area contributed by atoms with Crippen LogP contribution in [0.4, 0.5) is 29.1 Å². The van der Waals surface area contributed by atoms with Crippen molar-refractivity contribution in [3.8, 4) is 0 Å². The molecule has 38 heavy (non-hydrogen) atoms. The molecule has 1 aliphatic rings. The van der Waals surface area contributed by atoms with Crippen LogP contribution < -0.4 is 15.8 Å². The molecule has 2 heterocycles. The lowest BCUT2D eigenvalue weighted by atomic mass is 9.97. The average molecular weight is 535 g/mol. The van der Waals surface area contributed by atoms with Crippen LogP contribution in [-0.4, -0.2) is 61.4 Å². The number of hydrogen-bond acceptors (Lipinski definition) is 6. The van der Waals surface area contributed by atoms with E-state index in [-0.39, 0.29) is 24.2 Å². The Hall–Kier alpha value is -3.60. The van der Waals surface area contributed by atoms with Crippen LogP contribution in [-0.2, 0) is 11.8 Å². The highest BCUT2D eigenvalue weighted by atomic mass is 19.4. The normalized spacial score (nSPS) is 15.5. The number of fused-ring (bicyclic) bond motifs is 1. The minimum atomic E-state index is -4.26. The van der Waals surface area contributed by atoms with Gasteiger partial charge in [0.05, 0.1) is 19.2 Å². The fraction of sp³-hybridized carbons (Fsp3) is 0.407. The average Bonchev–Trinajstić information content (AvgIpc) is 2.86. The van der Waals surface area contributed by atoms with Crippen molar-refractivity contribution in [1.29, 1.82) is 0 Å². The molecule has 3 aromatic rings. The van der Waals surface area contributed by atoms with E-state index in [0.29, 0.717) is 35.4 Å². The predicted molar refractivity (Wildman–Crippen MR) is 138 cm³/mol. The Kier molecular flexibility index (Phi) is 7.68. The molecule has 0 bridgehead atoms. The molecule has 1 fully saturated rings. The summed E-state index contributed by atoms with van der Waals surface area (Å²) in [5.41, 5.74) is 1.85. The number of pyridine rings is 1. The zero-order valence-corrected chi connectivity index (χ0v) is 21.7. The van der Waals surface area contributed by atoms with Gasteiger partial charge in [-0.3, -0.25) is 14.3 Å². The fourth-order valence-electron chi connectivity index (χ4n) is 4.96. The lowest BCUT2D eigenvalue weighted by Gasteiger charge is -2.37. The number of hydrogen-bond donors (Lipinski definition) is 1. The molecule has 4 rings (SSSR count). The highest BCUT2D eigenvalue weighted by Crippen LogP contribution is 2.31. The molecule has 1 saturated heterocycles. The Labute approximate surface area is 217 Å². The minimum Gasteiger partial charge on any atom is -0.465 e. The summed E-state index contributed by atoms with van der Waals surface area (Å²) in [6.45, 7) is 3.94. The molecule has 11 heteroatoms. The van der Waals surface area contributed by atoms with E-state index in [4.69, 9.17) is 4.74 Å². The Bertz CT molecular complexity index is 1410. The molecule has 1 aliphatic heterocycles. The highest BCUT2D eigenvalue weighted by molar-refractivity contribution is 5.96. The summed E-state index contributed by atoms with van der Waals surface area (Å²) >= 11 is 0. The molecule has 2 aromatic carbocycles. The first kappa shape index (κ1) is 27.4. The van der Waals surface area contributed by atoms with Gasteiger partial charge in [0.25, 0.3) is 5.56 Å². The molecular weight excluding hydrogens is 504 g/mol. The third-order valence-corrected chi connectivity index (χ3v) is 6.83. The van der Waals surface area contributed by atoms with Gasteiger partial charge in [0.1, 0.15) is 11.6 Å². The van der Waals surface area contributed by atoms with Gasteiger partial charge in [0, 0.05) is 50.3 Å². The monoisotopic (exact) mass is 534 g/mol. The number of nitrogens with zero attached hydrogens (tertiary/aromatic N) is 3. The number of alkyl halides is 3. The van der Waals surface area contributed by atoms with E-state index >= 15 is 0 Å². The van der Waals surface area contributed by atoms with E-state index in [1.807, 2.05) is 30.9 Å². The zero-order valence-electron chi connectivity index (χ0n) is 21.7. The summed E-state index contributed by atoms with van der Waals surface area (Å²) in [5, 5.41) is 4.44. The number of ether oxygens (including phenoxy) is 1. The van der Waals surface area contributed by atoms with Gasteiger partial charge in [-0.2, -0.15) is 13.2 Å². The summed E-state index contributed by atoms with van der Waals surface area (Å²) < 4.78 is 58.6. The van der Waals surface area contributed by atoms with Crippen LogP contribution in [0.25, 0.3) is 10.8 Å². The molecule has 0 radical (unpaired) electrons. The minimum absolute atomic E-state index is 0.0460. The van der Waals surface area contributed by atoms with Gasteiger partial charge in [-0.15, -0.1) is 0 Å². The largest absolute Gasteiger partial charge is 0.465 e.